The number of hydrazone groups is 1. The van der Waals surface area contributed by atoms with E-state index in [2.05, 4.69) is 0 Å². The highest BCUT2D eigenvalue weighted by Gasteiger charge is 2.33. The Morgan fingerprint density at radius 3 is 2.38 bits per heavy atom. The van der Waals surface area contributed by atoms with Gasteiger partial charge in [0.2, 0.25) is 0 Å². The second kappa shape index (κ2) is 7.91. The quantitative estimate of drug-likeness (QED) is 0.586. The van der Waals surface area contributed by atoms with Crippen LogP contribution in [0.4, 0.5) is 14.5 Å². The van der Waals surface area contributed by atoms with Crippen molar-refractivity contribution < 1.29 is 18.3 Å². The molecular formula is C23H20F2N2O2. The Bertz CT molecular complexity index is 1050. The van der Waals surface area contributed by atoms with Crippen LogP contribution in [0.15, 0.2) is 71.8 Å². The first-order chi connectivity index (χ1) is 14.1. The topological polar surface area (TPSA) is 34.1 Å². The Balaban J connectivity index is 1.80. The fourth-order valence-corrected chi connectivity index (χ4v) is 3.52. The number of para-hydroxylation sites is 1. The third kappa shape index (κ3) is 3.66. The average Bonchev–Trinajstić information content (AvgIpc) is 3.19. The Labute approximate surface area is 168 Å². The molecule has 0 N–H and O–H groups in total. The van der Waals surface area contributed by atoms with E-state index in [4.69, 9.17) is 14.6 Å². The minimum Gasteiger partial charge on any atom is -0.497 e. The van der Waals surface area contributed by atoms with Crippen LogP contribution in [0.5, 0.6) is 11.5 Å². The first-order valence-corrected chi connectivity index (χ1v) is 9.20. The molecule has 1 aliphatic heterocycles. The van der Waals surface area contributed by atoms with Crippen LogP contribution < -0.4 is 14.5 Å². The summed E-state index contributed by atoms with van der Waals surface area (Å²) in [5.74, 6) is 0.618. The largest absolute Gasteiger partial charge is 0.497 e. The lowest BCUT2D eigenvalue weighted by atomic mass is 9.97. The molecule has 4 nitrogen and oxygen atoms in total. The maximum absolute atomic E-state index is 14.6. The van der Waals surface area contributed by atoms with Gasteiger partial charge in [0.15, 0.2) is 0 Å². The van der Waals surface area contributed by atoms with Gasteiger partial charge in [-0.2, -0.15) is 5.10 Å². The van der Waals surface area contributed by atoms with Crippen molar-refractivity contribution in [3.8, 4) is 11.5 Å². The fourth-order valence-electron chi connectivity index (χ4n) is 3.52. The summed E-state index contributed by atoms with van der Waals surface area (Å²) in [4.78, 5) is 0. The molecule has 0 spiro atoms. The number of hydrogen-bond donors (Lipinski definition) is 0. The van der Waals surface area contributed by atoms with Crippen molar-refractivity contribution >= 4 is 11.4 Å². The van der Waals surface area contributed by atoms with Gasteiger partial charge in [0.05, 0.1) is 31.7 Å². The zero-order valence-corrected chi connectivity index (χ0v) is 16.1. The van der Waals surface area contributed by atoms with E-state index in [0.717, 1.165) is 16.8 Å². The van der Waals surface area contributed by atoms with E-state index in [1.807, 2.05) is 12.1 Å². The van der Waals surface area contributed by atoms with Crippen LogP contribution in [0.3, 0.4) is 0 Å². The minimum atomic E-state index is -0.367. The summed E-state index contributed by atoms with van der Waals surface area (Å²) in [5.41, 5.74) is 2.77. The highest BCUT2D eigenvalue weighted by Crippen LogP contribution is 2.42. The molecule has 1 aliphatic rings. The molecule has 29 heavy (non-hydrogen) atoms. The van der Waals surface area contributed by atoms with Crippen LogP contribution in [0.1, 0.15) is 23.6 Å². The van der Waals surface area contributed by atoms with E-state index in [1.54, 1.807) is 55.6 Å². The van der Waals surface area contributed by atoms with E-state index in [0.29, 0.717) is 23.6 Å². The number of methoxy groups -OCH3 is 2. The number of hydrogen-bond acceptors (Lipinski definition) is 4. The van der Waals surface area contributed by atoms with E-state index in [1.165, 1.54) is 18.2 Å². The van der Waals surface area contributed by atoms with Crippen LogP contribution in [0.25, 0.3) is 0 Å². The Morgan fingerprint density at radius 1 is 0.931 bits per heavy atom. The lowest BCUT2D eigenvalue weighted by Gasteiger charge is -2.25. The molecule has 0 radical (unpaired) electrons. The average molecular weight is 394 g/mol. The predicted octanol–water partition coefficient (Wildman–Crippen LogP) is 5.34. The van der Waals surface area contributed by atoms with Gasteiger partial charge in [-0.1, -0.05) is 24.3 Å². The lowest BCUT2D eigenvalue weighted by molar-refractivity contribution is 0.388. The zero-order chi connectivity index (χ0) is 20.4. The molecule has 0 unspecified atom stereocenters. The molecule has 0 aromatic heterocycles. The van der Waals surface area contributed by atoms with Gasteiger partial charge >= 0.3 is 0 Å². The second-order valence-electron chi connectivity index (χ2n) is 6.68. The number of ether oxygens (including phenoxy) is 2. The zero-order valence-electron chi connectivity index (χ0n) is 16.1. The number of nitrogens with zero attached hydrogens (tertiary/aromatic N) is 2. The maximum Gasteiger partial charge on any atom is 0.148 e. The molecular weight excluding hydrogens is 374 g/mol. The fraction of sp³-hybridized carbons (Fsp3) is 0.174. The molecule has 0 aliphatic carbocycles. The number of rotatable bonds is 5. The smallest absolute Gasteiger partial charge is 0.148 e. The van der Waals surface area contributed by atoms with Crippen molar-refractivity contribution in [2.24, 2.45) is 5.10 Å². The van der Waals surface area contributed by atoms with Gasteiger partial charge in [0, 0.05) is 18.1 Å². The van der Waals surface area contributed by atoms with Crippen molar-refractivity contribution in [3.63, 3.8) is 0 Å². The summed E-state index contributed by atoms with van der Waals surface area (Å²) in [6.45, 7) is 0. The molecule has 0 saturated heterocycles. The summed E-state index contributed by atoms with van der Waals surface area (Å²) in [6, 6.07) is 17.9. The van der Waals surface area contributed by atoms with Crippen LogP contribution in [0, 0.1) is 11.6 Å². The summed E-state index contributed by atoms with van der Waals surface area (Å²) >= 11 is 0. The molecule has 0 saturated carbocycles. The summed E-state index contributed by atoms with van der Waals surface area (Å²) in [7, 11) is 3.17. The molecule has 3 aromatic carbocycles. The van der Waals surface area contributed by atoms with Gasteiger partial charge < -0.3 is 9.47 Å². The number of anilines is 1. The third-order valence-corrected chi connectivity index (χ3v) is 4.99. The SMILES string of the molecule is COc1ccc([C@H]2CC(c3ccc(F)cc3)=NN2c2ccccc2F)c(OC)c1. The first kappa shape index (κ1) is 18.9. The minimum absolute atomic E-state index is 0.284. The Morgan fingerprint density at radius 2 is 1.69 bits per heavy atom. The van der Waals surface area contributed by atoms with Crippen molar-refractivity contribution in [3.05, 3.63) is 89.5 Å². The highest BCUT2D eigenvalue weighted by atomic mass is 19.1. The molecule has 6 heteroatoms. The van der Waals surface area contributed by atoms with Gasteiger partial charge in [-0.15, -0.1) is 0 Å². The lowest BCUT2D eigenvalue weighted by Crippen LogP contribution is -2.20. The molecule has 0 fully saturated rings. The van der Waals surface area contributed by atoms with Gasteiger partial charge in [-0.25, -0.2) is 8.78 Å². The molecule has 0 amide bonds. The predicted molar refractivity (Wildman–Crippen MR) is 109 cm³/mol. The Kier molecular flexibility index (Phi) is 5.16. The third-order valence-electron chi connectivity index (χ3n) is 4.99. The van der Waals surface area contributed by atoms with Crippen molar-refractivity contribution in [1.29, 1.82) is 0 Å². The Hall–Kier alpha value is -3.41. The van der Waals surface area contributed by atoms with Gasteiger partial charge in [-0.05, 0) is 42.0 Å². The van der Waals surface area contributed by atoms with Crippen LogP contribution in [-0.2, 0) is 0 Å². The summed E-state index contributed by atoms with van der Waals surface area (Å²) in [5, 5.41) is 6.36. The van der Waals surface area contributed by atoms with Crippen molar-refractivity contribution in [2.45, 2.75) is 12.5 Å². The maximum atomic E-state index is 14.6. The molecule has 1 heterocycles. The first-order valence-electron chi connectivity index (χ1n) is 9.20. The molecule has 4 rings (SSSR count). The normalized spacial score (nSPS) is 15.9. The molecule has 148 valence electrons. The van der Waals surface area contributed by atoms with E-state index in [9.17, 15) is 8.78 Å². The molecule has 0 bridgehead atoms. The van der Waals surface area contributed by atoms with Gasteiger partial charge in [0.1, 0.15) is 23.1 Å². The van der Waals surface area contributed by atoms with Crippen molar-refractivity contribution in [1.82, 2.24) is 0 Å². The van der Waals surface area contributed by atoms with E-state index < -0.39 is 0 Å². The highest BCUT2D eigenvalue weighted by molar-refractivity contribution is 6.03. The monoisotopic (exact) mass is 394 g/mol. The number of benzene rings is 3. The summed E-state index contributed by atoms with van der Waals surface area (Å²) in [6.07, 6.45) is 0.517. The summed E-state index contributed by atoms with van der Waals surface area (Å²) < 4.78 is 38.8. The van der Waals surface area contributed by atoms with Gasteiger partial charge in [-0.3, -0.25) is 5.01 Å². The van der Waals surface area contributed by atoms with Crippen molar-refractivity contribution in [2.75, 3.05) is 19.2 Å². The molecule has 3 aromatic rings. The number of halogens is 2. The van der Waals surface area contributed by atoms with E-state index in [-0.39, 0.29) is 17.7 Å². The van der Waals surface area contributed by atoms with Crippen LogP contribution in [0.2, 0.25) is 0 Å². The van der Waals surface area contributed by atoms with Gasteiger partial charge in [0.25, 0.3) is 0 Å². The standard InChI is InChI=1S/C23H20F2N2O2/c1-28-17-11-12-18(23(13-17)29-2)22-14-20(15-7-9-16(24)10-8-15)26-27(22)21-6-4-3-5-19(21)25/h3-13,22H,14H2,1-2H3/t22-/m1/s1. The van der Waals surface area contributed by atoms with Crippen LogP contribution >= 0.6 is 0 Å². The van der Waals surface area contributed by atoms with E-state index >= 15 is 0 Å². The molecule has 1 atom stereocenters. The second-order valence-corrected chi connectivity index (χ2v) is 6.68. The van der Waals surface area contributed by atoms with Crippen LogP contribution in [-0.4, -0.2) is 19.9 Å².